The van der Waals surface area contributed by atoms with Crippen molar-refractivity contribution in [3.05, 3.63) is 34.7 Å². The van der Waals surface area contributed by atoms with Crippen LogP contribution in [0.15, 0.2) is 24.3 Å². The second kappa shape index (κ2) is 2.66. The third-order valence-electron chi connectivity index (χ3n) is 2.31. The first-order chi connectivity index (χ1) is 6.20. The molecule has 1 aromatic carbocycles. The molecule has 0 atom stereocenters. The van der Waals surface area contributed by atoms with Crippen molar-refractivity contribution in [3.63, 3.8) is 0 Å². The van der Waals surface area contributed by atoms with E-state index in [2.05, 4.69) is 0 Å². The zero-order chi connectivity index (χ0) is 9.42. The topological polar surface area (TPSA) is 47.7 Å². The van der Waals surface area contributed by atoms with Crippen LogP contribution in [0.25, 0.3) is 11.6 Å². The van der Waals surface area contributed by atoms with E-state index < -0.39 is 0 Å². The molecule has 0 aliphatic heterocycles. The zero-order valence-corrected chi connectivity index (χ0v) is 7.39. The summed E-state index contributed by atoms with van der Waals surface area (Å²) in [5, 5.41) is 17.3. The van der Waals surface area contributed by atoms with Crippen molar-refractivity contribution in [1.29, 1.82) is 10.8 Å². The molecule has 2 heteroatoms. The third-order valence-corrected chi connectivity index (χ3v) is 2.31. The fourth-order valence-electron chi connectivity index (χ4n) is 1.53. The van der Waals surface area contributed by atoms with Gasteiger partial charge < -0.3 is 0 Å². The summed E-state index contributed by atoms with van der Waals surface area (Å²) in [7, 11) is 0. The fourth-order valence-corrected chi connectivity index (χ4v) is 1.53. The zero-order valence-electron chi connectivity index (χ0n) is 7.39. The second-order valence-electron chi connectivity index (χ2n) is 3.15. The van der Waals surface area contributed by atoms with Gasteiger partial charge in [-0.3, -0.25) is 10.8 Å². The van der Waals surface area contributed by atoms with Crippen LogP contribution in [0.1, 0.15) is 6.92 Å². The number of hydrogen-bond acceptors (Lipinski definition) is 2. The van der Waals surface area contributed by atoms with Crippen LogP contribution in [0.5, 0.6) is 0 Å². The first kappa shape index (κ1) is 7.92. The molecule has 2 nitrogen and oxygen atoms in total. The van der Waals surface area contributed by atoms with Crippen LogP contribution in [-0.4, -0.2) is 11.4 Å². The summed E-state index contributed by atoms with van der Waals surface area (Å²) >= 11 is 0. The fraction of sp³-hybridized carbons (Fsp3) is 0.0909. The highest BCUT2D eigenvalue weighted by Gasteiger charge is 2.09. The highest BCUT2D eigenvalue weighted by molar-refractivity contribution is 6.62. The van der Waals surface area contributed by atoms with E-state index in [0.29, 0.717) is 11.4 Å². The van der Waals surface area contributed by atoms with Crippen LogP contribution >= 0.6 is 0 Å². The number of hydrogen-bond donors (Lipinski definition) is 2. The highest BCUT2D eigenvalue weighted by atomic mass is 14.5. The Bertz CT molecular complexity index is 509. The quantitative estimate of drug-likeness (QED) is 0.575. The average Bonchev–Trinajstić information content (AvgIpc) is 2.15. The molecular formula is C11H10N2. The molecule has 0 bridgehead atoms. The molecule has 2 rings (SSSR count). The van der Waals surface area contributed by atoms with Crippen LogP contribution in [-0.2, 0) is 0 Å². The van der Waals surface area contributed by atoms with Crippen LogP contribution in [0.2, 0.25) is 0 Å². The van der Waals surface area contributed by atoms with Gasteiger partial charge in [0.2, 0.25) is 0 Å². The van der Waals surface area contributed by atoms with Gasteiger partial charge in [0, 0.05) is 0 Å². The van der Waals surface area contributed by atoms with Crippen LogP contribution in [0.4, 0.5) is 0 Å². The molecule has 1 aromatic rings. The maximum Gasteiger partial charge on any atom is 0.0824 e. The molecule has 0 heterocycles. The Morgan fingerprint density at radius 1 is 1.08 bits per heavy atom. The predicted octanol–water partition coefficient (Wildman–Crippen LogP) is 0.691. The lowest BCUT2D eigenvalue weighted by molar-refractivity contribution is 1.43. The number of nitrogens with one attached hydrogen (secondary N) is 2. The lowest BCUT2D eigenvalue weighted by atomic mass is 9.98. The van der Waals surface area contributed by atoms with E-state index in [1.807, 2.05) is 31.2 Å². The first-order valence-corrected chi connectivity index (χ1v) is 4.15. The standard InChI is InChI=1S/C11H10N2/c1-7-9-5-3-2-4-8(9)6-10(12)11(7)13/h2-6,12-13H,1H3. The van der Waals surface area contributed by atoms with E-state index in [4.69, 9.17) is 10.8 Å². The van der Waals surface area contributed by atoms with Gasteiger partial charge in [0.15, 0.2) is 0 Å². The van der Waals surface area contributed by atoms with Crippen molar-refractivity contribution in [1.82, 2.24) is 0 Å². The molecule has 0 unspecified atom stereocenters. The molecule has 0 fully saturated rings. The Morgan fingerprint density at radius 2 is 1.77 bits per heavy atom. The maximum absolute atomic E-state index is 7.64. The molecule has 2 N–H and O–H groups in total. The maximum atomic E-state index is 7.64. The summed E-state index contributed by atoms with van der Waals surface area (Å²) in [5.41, 5.74) is 1.53. The normalized spacial score (nSPS) is 15.3. The summed E-state index contributed by atoms with van der Waals surface area (Å²) < 4.78 is 0. The summed E-state index contributed by atoms with van der Waals surface area (Å²) in [6.07, 6.45) is 1.74. The highest BCUT2D eigenvalue weighted by Crippen LogP contribution is 1.99. The molecule has 0 aromatic heterocycles. The third kappa shape index (κ3) is 1.11. The van der Waals surface area contributed by atoms with Gasteiger partial charge in [-0.1, -0.05) is 24.3 Å². The van der Waals surface area contributed by atoms with Crippen molar-refractivity contribution in [2.45, 2.75) is 6.92 Å². The largest absolute Gasteiger partial charge is 0.299 e. The second-order valence-corrected chi connectivity index (χ2v) is 3.15. The predicted molar refractivity (Wildman–Crippen MR) is 54.7 cm³/mol. The van der Waals surface area contributed by atoms with E-state index in [0.717, 1.165) is 16.0 Å². The molecule has 64 valence electrons. The van der Waals surface area contributed by atoms with E-state index in [9.17, 15) is 0 Å². The van der Waals surface area contributed by atoms with E-state index in [-0.39, 0.29) is 0 Å². The Kier molecular flexibility index (Phi) is 1.62. The van der Waals surface area contributed by atoms with Crippen LogP contribution in [0, 0.1) is 10.8 Å². The summed E-state index contributed by atoms with van der Waals surface area (Å²) in [6.45, 7) is 1.89. The first-order valence-electron chi connectivity index (χ1n) is 4.15. The van der Waals surface area contributed by atoms with E-state index in [1.54, 1.807) is 6.08 Å². The van der Waals surface area contributed by atoms with Gasteiger partial charge in [-0.2, -0.15) is 0 Å². The smallest absolute Gasteiger partial charge is 0.0824 e. The molecule has 1 aliphatic rings. The Labute approximate surface area is 76.2 Å². The summed E-state index contributed by atoms with van der Waals surface area (Å²) in [6, 6.07) is 7.87. The van der Waals surface area contributed by atoms with Gasteiger partial charge in [-0.15, -0.1) is 0 Å². The molecule has 0 spiro atoms. The van der Waals surface area contributed by atoms with Gasteiger partial charge in [0.05, 0.1) is 11.4 Å². The Balaban J connectivity index is 2.97. The van der Waals surface area contributed by atoms with Gasteiger partial charge >= 0.3 is 0 Å². The summed E-state index contributed by atoms with van der Waals surface area (Å²) in [5.74, 6) is 0. The van der Waals surface area contributed by atoms with Crippen molar-refractivity contribution < 1.29 is 0 Å². The minimum Gasteiger partial charge on any atom is -0.299 e. The molecule has 1 aliphatic carbocycles. The molecule has 13 heavy (non-hydrogen) atoms. The minimum absolute atomic E-state index is 0.302. The van der Waals surface area contributed by atoms with Crippen molar-refractivity contribution in [2.24, 2.45) is 0 Å². The SMILES string of the molecule is CC1=c2ccccc2=CC(=N)C1=N. The molecule has 0 saturated heterocycles. The Hall–Kier alpha value is -1.70. The molecule has 0 radical (unpaired) electrons. The van der Waals surface area contributed by atoms with Crippen molar-refractivity contribution in [2.75, 3.05) is 0 Å². The minimum atomic E-state index is 0.302. The lowest BCUT2D eigenvalue weighted by Crippen LogP contribution is -2.35. The van der Waals surface area contributed by atoms with Crippen LogP contribution in [0.3, 0.4) is 0 Å². The van der Waals surface area contributed by atoms with Gasteiger partial charge in [-0.05, 0) is 29.0 Å². The van der Waals surface area contributed by atoms with E-state index >= 15 is 0 Å². The number of fused-ring (bicyclic) bond motifs is 1. The summed E-state index contributed by atoms with van der Waals surface area (Å²) in [4.78, 5) is 0. The number of rotatable bonds is 0. The van der Waals surface area contributed by atoms with Crippen molar-refractivity contribution >= 4 is 23.1 Å². The lowest BCUT2D eigenvalue weighted by Gasteiger charge is -2.08. The molecular weight excluding hydrogens is 160 g/mol. The van der Waals surface area contributed by atoms with E-state index in [1.165, 1.54) is 0 Å². The molecule has 0 amide bonds. The van der Waals surface area contributed by atoms with Crippen molar-refractivity contribution in [3.8, 4) is 0 Å². The monoisotopic (exact) mass is 170 g/mol. The van der Waals surface area contributed by atoms with Gasteiger partial charge in [0.25, 0.3) is 0 Å². The average molecular weight is 170 g/mol. The van der Waals surface area contributed by atoms with Gasteiger partial charge in [-0.25, -0.2) is 0 Å². The van der Waals surface area contributed by atoms with Gasteiger partial charge in [0.1, 0.15) is 0 Å². The Morgan fingerprint density at radius 3 is 2.54 bits per heavy atom. The number of benzene rings is 1. The molecule has 0 saturated carbocycles. The van der Waals surface area contributed by atoms with Crippen LogP contribution < -0.4 is 10.4 Å².